The van der Waals surface area contributed by atoms with E-state index in [1.807, 2.05) is 49.4 Å². The number of para-hydroxylation sites is 3. The van der Waals surface area contributed by atoms with Gasteiger partial charge in [-0.05, 0) is 30.7 Å². The van der Waals surface area contributed by atoms with Gasteiger partial charge in [0.1, 0.15) is 5.75 Å². The summed E-state index contributed by atoms with van der Waals surface area (Å²) < 4.78 is 5.23. The number of ether oxygens (including phenoxy) is 1. The fraction of sp³-hybridized carbons (Fsp3) is 0.300. The smallest absolute Gasteiger partial charge is 0.244 e. The van der Waals surface area contributed by atoms with Crippen LogP contribution >= 0.6 is 0 Å². The molecule has 0 aliphatic carbocycles. The maximum atomic E-state index is 12.5. The average molecular weight is 355 g/mol. The van der Waals surface area contributed by atoms with Gasteiger partial charge in [0, 0.05) is 12.2 Å². The molecular weight excluding hydrogens is 330 g/mol. The van der Waals surface area contributed by atoms with Crippen LogP contribution in [0.2, 0.25) is 0 Å². The Morgan fingerprint density at radius 1 is 1.04 bits per heavy atom. The number of carbonyl (C=O) groups excluding carboxylic acids is 2. The second-order valence-electron chi connectivity index (χ2n) is 5.78. The van der Waals surface area contributed by atoms with Gasteiger partial charge in [0.2, 0.25) is 11.8 Å². The van der Waals surface area contributed by atoms with Crippen LogP contribution in [-0.4, -0.2) is 43.5 Å². The quantitative estimate of drug-likeness (QED) is 0.725. The predicted molar refractivity (Wildman–Crippen MR) is 103 cm³/mol. The van der Waals surface area contributed by atoms with Gasteiger partial charge >= 0.3 is 0 Å². The third-order valence-corrected chi connectivity index (χ3v) is 3.78. The zero-order valence-electron chi connectivity index (χ0n) is 15.2. The number of methoxy groups -OCH3 is 1. The number of nitrogens with one attached hydrogen (secondary N) is 2. The van der Waals surface area contributed by atoms with Crippen molar-refractivity contribution in [3.05, 3.63) is 54.6 Å². The number of rotatable bonds is 9. The van der Waals surface area contributed by atoms with Crippen LogP contribution in [0.5, 0.6) is 5.75 Å². The summed E-state index contributed by atoms with van der Waals surface area (Å²) in [6, 6.07) is 16.7. The zero-order chi connectivity index (χ0) is 18.8. The number of anilines is 2. The Bertz CT molecular complexity index is 719. The topological polar surface area (TPSA) is 70.7 Å². The van der Waals surface area contributed by atoms with E-state index in [4.69, 9.17) is 4.74 Å². The van der Waals surface area contributed by atoms with Crippen LogP contribution in [0.1, 0.15) is 13.3 Å². The lowest BCUT2D eigenvalue weighted by molar-refractivity contribution is -0.133. The highest BCUT2D eigenvalue weighted by atomic mass is 16.5. The van der Waals surface area contributed by atoms with E-state index in [1.165, 1.54) is 0 Å². The summed E-state index contributed by atoms with van der Waals surface area (Å²) in [4.78, 5) is 26.4. The van der Waals surface area contributed by atoms with Crippen molar-refractivity contribution in [2.24, 2.45) is 0 Å². The average Bonchev–Trinajstić information content (AvgIpc) is 2.67. The molecule has 0 saturated carbocycles. The largest absolute Gasteiger partial charge is 0.495 e. The van der Waals surface area contributed by atoms with Crippen LogP contribution in [0.4, 0.5) is 11.4 Å². The second kappa shape index (κ2) is 10.1. The van der Waals surface area contributed by atoms with Crippen molar-refractivity contribution in [2.45, 2.75) is 13.3 Å². The fourth-order valence-corrected chi connectivity index (χ4v) is 2.52. The van der Waals surface area contributed by atoms with Gasteiger partial charge in [0.05, 0.1) is 25.9 Å². The van der Waals surface area contributed by atoms with E-state index >= 15 is 0 Å². The van der Waals surface area contributed by atoms with Gasteiger partial charge in [-0.1, -0.05) is 37.3 Å². The highest BCUT2D eigenvalue weighted by molar-refractivity contribution is 5.96. The van der Waals surface area contributed by atoms with Crippen molar-refractivity contribution < 1.29 is 14.3 Å². The van der Waals surface area contributed by atoms with E-state index in [9.17, 15) is 9.59 Å². The highest BCUT2D eigenvalue weighted by Gasteiger charge is 2.17. The molecule has 0 heterocycles. The van der Waals surface area contributed by atoms with Crippen molar-refractivity contribution in [1.82, 2.24) is 4.90 Å². The van der Waals surface area contributed by atoms with Gasteiger partial charge in [-0.2, -0.15) is 0 Å². The summed E-state index contributed by atoms with van der Waals surface area (Å²) in [7, 11) is 1.55. The maximum absolute atomic E-state index is 12.5. The predicted octanol–water partition coefficient (Wildman–Crippen LogP) is 2.98. The lowest BCUT2D eigenvalue weighted by Gasteiger charge is -2.22. The van der Waals surface area contributed by atoms with E-state index < -0.39 is 0 Å². The Balaban J connectivity index is 1.93. The van der Waals surface area contributed by atoms with E-state index in [1.54, 1.807) is 24.1 Å². The Morgan fingerprint density at radius 3 is 2.42 bits per heavy atom. The van der Waals surface area contributed by atoms with E-state index in [2.05, 4.69) is 10.6 Å². The summed E-state index contributed by atoms with van der Waals surface area (Å²) in [6.07, 6.45) is 0.777. The van der Waals surface area contributed by atoms with Crippen LogP contribution in [-0.2, 0) is 9.59 Å². The lowest BCUT2D eigenvalue weighted by Crippen LogP contribution is -2.41. The molecule has 2 rings (SSSR count). The SMILES string of the molecule is CCCN(CC(=O)Nc1ccccc1OC)C(=O)CNc1ccccc1. The normalized spacial score (nSPS) is 10.1. The van der Waals surface area contributed by atoms with E-state index in [-0.39, 0.29) is 24.9 Å². The molecule has 2 amide bonds. The van der Waals surface area contributed by atoms with Crippen molar-refractivity contribution in [2.75, 3.05) is 37.4 Å². The first-order valence-electron chi connectivity index (χ1n) is 8.63. The number of amides is 2. The molecule has 6 nitrogen and oxygen atoms in total. The molecule has 0 aliphatic rings. The van der Waals surface area contributed by atoms with E-state index in [0.29, 0.717) is 18.0 Å². The van der Waals surface area contributed by atoms with Gasteiger partial charge in [-0.25, -0.2) is 0 Å². The summed E-state index contributed by atoms with van der Waals surface area (Å²) in [6.45, 7) is 2.64. The van der Waals surface area contributed by atoms with Crippen molar-refractivity contribution >= 4 is 23.2 Å². The minimum Gasteiger partial charge on any atom is -0.495 e. The van der Waals surface area contributed by atoms with Gasteiger partial charge in [0.15, 0.2) is 0 Å². The number of carbonyl (C=O) groups is 2. The Hall–Kier alpha value is -3.02. The Kier molecular flexibility index (Phi) is 7.49. The number of benzene rings is 2. The van der Waals surface area contributed by atoms with Gasteiger partial charge in [-0.3, -0.25) is 9.59 Å². The molecule has 138 valence electrons. The summed E-state index contributed by atoms with van der Waals surface area (Å²) in [5, 5.41) is 5.88. The third-order valence-electron chi connectivity index (χ3n) is 3.78. The Labute approximate surface area is 154 Å². The fourth-order valence-electron chi connectivity index (χ4n) is 2.52. The lowest BCUT2D eigenvalue weighted by atomic mass is 10.3. The van der Waals surface area contributed by atoms with Crippen LogP contribution in [0.3, 0.4) is 0 Å². The molecule has 6 heteroatoms. The molecular formula is C20H25N3O3. The van der Waals surface area contributed by atoms with Crippen molar-refractivity contribution in [3.8, 4) is 5.75 Å². The van der Waals surface area contributed by atoms with Gasteiger partial charge < -0.3 is 20.3 Å². The molecule has 2 aromatic rings. The standard InChI is InChI=1S/C20H25N3O3/c1-3-13-23(20(25)14-21-16-9-5-4-6-10-16)15-19(24)22-17-11-7-8-12-18(17)26-2/h4-12,21H,3,13-15H2,1-2H3,(H,22,24). The second-order valence-corrected chi connectivity index (χ2v) is 5.78. The Morgan fingerprint density at radius 2 is 1.73 bits per heavy atom. The molecule has 0 saturated heterocycles. The highest BCUT2D eigenvalue weighted by Crippen LogP contribution is 2.22. The molecule has 2 aromatic carbocycles. The monoisotopic (exact) mass is 355 g/mol. The summed E-state index contributed by atoms with van der Waals surface area (Å²) in [5.41, 5.74) is 1.46. The molecule has 26 heavy (non-hydrogen) atoms. The van der Waals surface area contributed by atoms with Crippen LogP contribution in [0.25, 0.3) is 0 Å². The van der Waals surface area contributed by atoms with Crippen LogP contribution in [0, 0.1) is 0 Å². The number of nitrogens with zero attached hydrogens (tertiary/aromatic N) is 1. The first kappa shape index (κ1) is 19.3. The molecule has 0 fully saturated rings. The molecule has 0 spiro atoms. The molecule has 0 unspecified atom stereocenters. The maximum Gasteiger partial charge on any atom is 0.244 e. The first-order chi connectivity index (χ1) is 12.6. The molecule has 0 radical (unpaired) electrons. The summed E-state index contributed by atoms with van der Waals surface area (Å²) in [5.74, 6) is 0.210. The molecule has 2 N–H and O–H groups in total. The van der Waals surface area contributed by atoms with Gasteiger partial charge in [-0.15, -0.1) is 0 Å². The summed E-state index contributed by atoms with van der Waals surface area (Å²) >= 11 is 0. The molecule has 0 bridgehead atoms. The third kappa shape index (κ3) is 5.81. The van der Waals surface area contributed by atoms with Crippen LogP contribution in [0.15, 0.2) is 54.6 Å². The van der Waals surface area contributed by atoms with Crippen molar-refractivity contribution in [3.63, 3.8) is 0 Å². The minimum atomic E-state index is -0.254. The van der Waals surface area contributed by atoms with Crippen molar-refractivity contribution in [1.29, 1.82) is 0 Å². The number of hydrogen-bond donors (Lipinski definition) is 2. The van der Waals surface area contributed by atoms with Gasteiger partial charge in [0.25, 0.3) is 0 Å². The van der Waals surface area contributed by atoms with Crippen LogP contribution < -0.4 is 15.4 Å². The molecule has 0 atom stereocenters. The first-order valence-corrected chi connectivity index (χ1v) is 8.63. The molecule has 0 aromatic heterocycles. The molecule has 0 aliphatic heterocycles. The minimum absolute atomic E-state index is 0.00118. The zero-order valence-corrected chi connectivity index (χ0v) is 15.2. The van der Waals surface area contributed by atoms with E-state index in [0.717, 1.165) is 12.1 Å². The number of hydrogen-bond acceptors (Lipinski definition) is 4.